The topological polar surface area (TPSA) is 238 Å². The third-order valence-corrected chi connectivity index (χ3v) is 18.4. The maximum Gasteiger partial charge on any atom is 0.124 e. The quantitative estimate of drug-likeness (QED) is 0.0479. The van der Waals surface area contributed by atoms with Gasteiger partial charge in [-0.25, -0.2) is 19.9 Å². The van der Waals surface area contributed by atoms with E-state index in [0.29, 0.717) is 6.04 Å². The van der Waals surface area contributed by atoms with Gasteiger partial charge in [0.1, 0.15) is 40.3 Å². The second-order valence-corrected chi connectivity index (χ2v) is 26.5. The van der Waals surface area contributed by atoms with Crippen molar-refractivity contribution in [1.29, 1.82) is 0 Å². The van der Waals surface area contributed by atoms with Crippen molar-refractivity contribution in [3.63, 3.8) is 0 Å². The van der Waals surface area contributed by atoms with E-state index in [1.54, 1.807) is 83.0 Å². The monoisotopic (exact) mass is 1450 g/mol. The van der Waals surface area contributed by atoms with Crippen molar-refractivity contribution in [2.45, 2.75) is 66.1 Å². The number of hydrogen-bond donors (Lipinski definition) is 1. The molecule has 0 spiro atoms. The summed E-state index contributed by atoms with van der Waals surface area (Å²) in [5.41, 5.74) is 16.3. The first-order valence-electron chi connectivity index (χ1n) is 35.9. The lowest BCUT2D eigenvalue weighted by atomic mass is 10.1. The number of nitrogens with zero attached hydrogens (tertiary/aromatic N) is 18. The van der Waals surface area contributed by atoms with Crippen LogP contribution in [0.15, 0.2) is 177 Å². The van der Waals surface area contributed by atoms with Gasteiger partial charge in [-0.1, -0.05) is 13.8 Å². The minimum Gasteiger partial charge on any atom is -0.497 e. The van der Waals surface area contributed by atoms with Crippen LogP contribution >= 0.6 is 0 Å². The number of ether oxygens (including phenoxy) is 7. The minimum absolute atomic E-state index is 0.289. The number of aromatic nitrogens is 14. The fourth-order valence-electron chi connectivity index (χ4n) is 12.6. The van der Waals surface area contributed by atoms with E-state index in [2.05, 4.69) is 129 Å². The number of morpholine rings is 1. The molecule has 0 atom stereocenters. The van der Waals surface area contributed by atoms with E-state index in [-0.39, 0.29) is 6.04 Å². The molecule has 6 aromatic carbocycles. The molecule has 1 saturated heterocycles. The first-order chi connectivity index (χ1) is 52.0. The number of benzene rings is 6. The molecule has 0 aliphatic carbocycles. The molecule has 14 rings (SSSR count). The van der Waals surface area contributed by atoms with Crippen molar-refractivity contribution in [3.05, 3.63) is 183 Å². The highest BCUT2D eigenvalue weighted by molar-refractivity contribution is 5.86. The molecule has 107 heavy (non-hydrogen) atoms. The second kappa shape index (κ2) is 35.4. The zero-order chi connectivity index (χ0) is 74.9. The molecular weight excluding hydrogens is 1350 g/mol. The van der Waals surface area contributed by atoms with Crippen LogP contribution < -0.4 is 48.4 Å². The van der Waals surface area contributed by atoms with Crippen molar-refractivity contribution in [2.75, 3.05) is 116 Å². The lowest BCUT2D eigenvalue weighted by Crippen LogP contribution is -2.37. The van der Waals surface area contributed by atoms with Gasteiger partial charge in [-0.15, -0.1) is 0 Å². The molecule has 0 radical (unpaired) electrons. The van der Waals surface area contributed by atoms with Gasteiger partial charge >= 0.3 is 0 Å². The molecule has 26 heteroatoms. The van der Waals surface area contributed by atoms with Crippen LogP contribution in [-0.4, -0.2) is 181 Å². The van der Waals surface area contributed by atoms with Gasteiger partial charge in [-0.3, -0.25) is 33.9 Å². The Bertz CT molecular complexity index is 5020. The molecule has 13 aromatic rings. The molecule has 26 nitrogen and oxygen atoms in total. The van der Waals surface area contributed by atoms with E-state index in [1.165, 1.54) is 0 Å². The fourth-order valence-corrected chi connectivity index (χ4v) is 12.6. The summed E-state index contributed by atoms with van der Waals surface area (Å²) in [4.78, 5) is 42.2. The highest BCUT2D eigenvalue weighted by Gasteiger charge is 2.21. The molecule has 1 aliphatic rings. The van der Waals surface area contributed by atoms with Crippen LogP contribution in [0.3, 0.4) is 0 Å². The Morgan fingerprint density at radius 2 is 0.832 bits per heavy atom. The van der Waals surface area contributed by atoms with Gasteiger partial charge < -0.3 is 57.7 Å². The van der Waals surface area contributed by atoms with Gasteiger partial charge in [0.2, 0.25) is 0 Å². The lowest BCUT2D eigenvalue weighted by Gasteiger charge is -2.29. The number of imidazole rings is 1. The molecule has 1 fully saturated rings. The molecule has 7 aromatic heterocycles. The maximum absolute atomic E-state index is 5.56. The summed E-state index contributed by atoms with van der Waals surface area (Å²) in [7, 11) is 13.8. The molecule has 556 valence electrons. The van der Waals surface area contributed by atoms with E-state index in [9.17, 15) is 0 Å². The predicted molar refractivity (Wildman–Crippen MR) is 421 cm³/mol. The molecule has 0 bridgehead atoms. The number of rotatable bonds is 28. The Morgan fingerprint density at radius 1 is 0.439 bits per heavy atom. The average molecular weight is 1450 g/mol. The third kappa shape index (κ3) is 19.0. The van der Waals surface area contributed by atoms with E-state index < -0.39 is 0 Å². The summed E-state index contributed by atoms with van der Waals surface area (Å²) in [6, 6.07) is 37.1. The number of aryl methyl sites for hydroxylation is 4. The predicted octanol–water partition coefficient (Wildman–Crippen LogP) is 13.9. The molecular formula is C81H95N19O7. The molecule has 0 saturated carbocycles. The zero-order valence-corrected chi connectivity index (χ0v) is 63.3. The summed E-state index contributed by atoms with van der Waals surface area (Å²) in [6.07, 6.45) is 22.5. The van der Waals surface area contributed by atoms with Crippen molar-refractivity contribution in [3.8, 4) is 68.3 Å². The van der Waals surface area contributed by atoms with Crippen molar-refractivity contribution >= 4 is 67.2 Å². The molecule has 0 unspecified atom stereocenters. The molecule has 1 N–H and O–H groups in total. The lowest BCUT2D eigenvalue weighted by molar-refractivity contribution is 0.0377. The summed E-state index contributed by atoms with van der Waals surface area (Å²) >= 11 is 0. The Kier molecular flexibility index (Phi) is 24.8. The van der Waals surface area contributed by atoms with Crippen LogP contribution in [0, 0.1) is 6.92 Å². The smallest absolute Gasteiger partial charge is 0.124 e. The number of anilines is 6. The fraction of sp³-hybridized carbons (Fsp3) is 0.333. The average Bonchev–Trinajstić information content (AvgIpc) is 1.62. The Balaban J connectivity index is 0.000000150. The number of methoxy groups -OCH3 is 6. The molecule has 0 amide bonds. The highest BCUT2D eigenvalue weighted by Crippen LogP contribution is 2.38. The Labute approximate surface area is 624 Å². The van der Waals surface area contributed by atoms with Gasteiger partial charge in [0.25, 0.3) is 0 Å². The van der Waals surface area contributed by atoms with Gasteiger partial charge in [0.15, 0.2) is 0 Å². The van der Waals surface area contributed by atoms with Gasteiger partial charge in [-0.05, 0) is 88.2 Å². The Morgan fingerprint density at radius 3 is 1.19 bits per heavy atom. The summed E-state index contributed by atoms with van der Waals surface area (Å²) < 4.78 is 46.4. The summed E-state index contributed by atoms with van der Waals surface area (Å²) in [6.45, 7) is 19.1. The normalized spacial score (nSPS) is 12.3. The van der Waals surface area contributed by atoms with E-state index >= 15 is 0 Å². The molecule has 1 aliphatic heterocycles. The van der Waals surface area contributed by atoms with Crippen LogP contribution in [-0.2, 0) is 25.4 Å². The van der Waals surface area contributed by atoms with Crippen LogP contribution in [0.1, 0.15) is 52.4 Å². The minimum atomic E-state index is 0.289. The first kappa shape index (κ1) is 75.0. The van der Waals surface area contributed by atoms with Crippen LogP contribution in [0.2, 0.25) is 0 Å². The highest BCUT2D eigenvalue weighted by atomic mass is 16.5. The Hall–Kier alpha value is -11.7. The van der Waals surface area contributed by atoms with E-state index in [4.69, 9.17) is 48.1 Å². The summed E-state index contributed by atoms with van der Waals surface area (Å²) in [5.74, 6) is 5.47. The zero-order valence-electron chi connectivity index (χ0n) is 63.3. The molecule has 8 heterocycles. The van der Waals surface area contributed by atoms with Crippen molar-refractivity contribution in [1.82, 2.24) is 79.0 Å². The second-order valence-electron chi connectivity index (χ2n) is 26.5. The number of fused-ring (bicyclic) bond motifs is 3. The van der Waals surface area contributed by atoms with Crippen molar-refractivity contribution < 1.29 is 33.2 Å². The van der Waals surface area contributed by atoms with E-state index in [0.717, 1.165) is 220 Å². The van der Waals surface area contributed by atoms with Gasteiger partial charge in [-0.2, -0.15) is 15.3 Å². The van der Waals surface area contributed by atoms with Crippen LogP contribution in [0.5, 0.6) is 34.5 Å². The maximum atomic E-state index is 5.56. The SMILES string of the molecule is COc1cc(OC)cc(N(CCCN2CCOCC2)c2ccc3ncc(-c4cnn(C)c4)nc3c2)c1.COc1cc(OC)cc(N(CCCn2ccnc2C)c2ccc3ncc(-c4cnn(C)c4)nc3c2)c1.COc1cc(OC)cc(N(CCNC(C)C)c2ccc3ncc(-c4cnn(C(C)C)c4)nc3c2)c1. The van der Waals surface area contributed by atoms with Gasteiger partial charge in [0.05, 0.1) is 143 Å². The standard InChI is InChI=1S/C27H29N7O2.C27H32N6O3.C27H34N6O2/c1-19-28-8-11-33(19)9-5-10-34(22-12-23(35-3)15-24(13-22)36-4)21-6-7-25-26(14-21)31-27(17-29-25)20-16-30-32(2)18-20;1-31-19-20(17-29-31)27-18-28-25-6-5-21(15-26(25)30-27)33(8-4-7-32-9-11-36-12-10-32)22-13-23(34-2)16-24(14-22)35-3;1-18(2)28-9-10-32(22-11-23(34-5)14-24(12-22)35-6)21-7-8-25-26(13-21)31-27(16-29-25)20-15-30-33(17-20)19(3)4/h6-8,11-18H,5,9-10H2,1-4H3;5-6,13-19H,4,7-12H2,1-3H3;7-8,11-19,28H,9-10H2,1-6H3. The van der Waals surface area contributed by atoms with E-state index in [1.807, 2.05) is 136 Å². The summed E-state index contributed by atoms with van der Waals surface area (Å²) in [5, 5.41) is 16.5. The van der Waals surface area contributed by atoms with Crippen LogP contribution in [0.4, 0.5) is 34.1 Å². The first-order valence-corrected chi connectivity index (χ1v) is 35.9. The third-order valence-electron chi connectivity index (χ3n) is 18.4. The van der Waals surface area contributed by atoms with Gasteiger partial charge in [0, 0.05) is 215 Å². The number of hydrogen-bond acceptors (Lipinski definition) is 22. The largest absolute Gasteiger partial charge is 0.497 e. The van der Waals surface area contributed by atoms with Crippen molar-refractivity contribution in [2.24, 2.45) is 14.1 Å². The van der Waals surface area contributed by atoms with Crippen LogP contribution in [0.25, 0.3) is 66.9 Å². The number of nitrogens with one attached hydrogen (secondary N) is 1.